The summed E-state index contributed by atoms with van der Waals surface area (Å²) < 4.78 is 16.9. The smallest absolute Gasteiger partial charge is 0.306 e. The van der Waals surface area contributed by atoms with Crippen LogP contribution in [0.4, 0.5) is 0 Å². The van der Waals surface area contributed by atoms with Crippen molar-refractivity contribution in [3.8, 4) is 0 Å². The molecule has 1 unspecified atom stereocenters. The maximum Gasteiger partial charge on any atom is 0.306 e. The van der Waals surface area contributed by atoms with E-state index in [-0.39, 0.29) is 37.5 Å². The average molecular weight is 1150 g/mol. The van der Waals surface area contributed by atoms with Crippen LogP contribution in [0.5, 0.6) is 0 Å². The van der Waals surface area contributed by atoms with E-state index in [0.717, 1.165) is 148 Å². The largest absolute Gasteiger partial charge is 0.462 e. The zero-order valence-electron chi connectivity index (χ0n) is 53.9. The lowest BCUT2D eigenvalue weighted by Gasteiger charge is -2.18. The maximum atomic E-state index is 12.9. The summed E-state index contributed by atoms with van der Waals surface area (Å²) in [5.74, 6) is -0.935. The topological polar surface area (TPSA) is 78.9 Å². The van der Waals surface area contributed by atoms with Gasteiger partial charge in [-0.15, -0.1) is 0 Å². The Labute approximate surface area is 512 Å². The molecule has 0 heterocycles. The van der Waals surface area contributed by atoms with Crippen LogP contribution in [0.25, 0.3) is 0 Å². The highest BCUT2D eigenvalue weighted by atomic mass is 16.6. The molecule has 0 spiro atoms. The van der Waals surface area contributed by atoms with Crippen molar-refractivity contribution in [2.75, 3.05) is 13.2 Å². The van der Waals surface area contributed by atoms with E-state index in [0.29, 0.717) is 12.8 Å². The summed E-state index contributed by atoms with van der Waals surface area (Å²) in [6, 6.07) is 0. The highest BCUT2D eigenvalue weighted by Crippen LogP contribution is 2.16. The fourth-order valence-corrected chi connectivity index (χ4v) is 9.22. The van der Waals surface area contributed by atoms with Gasteiger partial charge in [-0.3, -0.25) is 14.4 Å². The molecule has 83 heavy (non-hydrogen) atoms. The van der Waals surface area contributed by atoms with Crippen molar-refractivity contribution < 1.29 is 28.6 Å². The molecule has 0 saturated heterocycles. The van der Waals surface area contributed by atoms with Crippen molar-refractivity contribution in [3.05, 3.63) is 146 Å². The molecular weight excluding hydrogens is 1020 g/mol. The Hall–Kier alpha value is -4.71. The quantitative estimate of drug-likeness (QED) is 0.0261. The van der Waals surface area contributed by atoms with Gasteiger partial charge in [0.1, 0.15) is 13.2 Å². The summed E-state index contributed by atoms with van der Waals surface area (Å²) in [5, 5.41) is 0. The molecule has 0 aromatic heterocycles. The van der Waals surface area contributed by atoms with E-state index in [2.05, 4.69) is 167 Å². The first-order valence-corrected chi connectivity index (χ1v) is 34.3. The Balaban J connectivity index is 4.20. The molecule has 470 valence electrons. The van der Waals surface area contributed by atoms with Gasteiger partial charge in [-0.2, -0.15) is 0 Å². The lowest BCUT2D eigenvalue weighted by atomic mass is 10.0. The van der Waals surface area contributed by atoms with E-state index < -0.39 is 6.10 Å². The predicted octanol–water partition coefficient (Wildman–Crippen LogP) is 23.9. The van der Waals surface area contributed by atoms with E-state index in [1.807, 2.05) is 0 Å². The maximum absolute atomic E-state index is 12.9. The molecule has 0 aliphatic carbocycles. The Morgan fingerprint density at radius 1 is 0.253 bits per heavy atom. The number of hydrogen-bond acceptors (Lipinski definition) is 6. The first-order chi connectivity index (χ1) is 41.0. The molecule has 0 fully saturated rings. The number of esters is 3. The molecule has 0 aliphatic rings. The molecule has 6 heteroatoms. The Kier molecular flexibility index (Phi) is 65.8. The van der Waals surface area contributed by atoms with E-state index in [4.69, 9.17) is 14.2 Å². The Bertz CT molecular complexity index is 1800. The predicted molar refractivity (Wildman–Crippen MR) is 362 cm³/mol. The molecule has 0 N–H and O–H groups in total. The first kappa shape index (κ1) is 78.3. The Morgan fingerprint density at radius 2 is 0.470 bits per heavy atom. The summed E-state index contributed by atoms with van der Waals surface area (Å²) in [4.78, 5) is 38.3. The number of carbonyl (C=O) groups is 3. The van der Waals surface area contributed by atoms with E-state index in [9.17, 15) is 14.4 Å². The minimum Gasteiger partial charge on any atom is -0.462 e. The van der Waals surface area contributed by atoms with Crippen LogP contribution in [0.2, 0.25) is 0 Å². The first-order valence-electron chi connectivity index (χ1n) is 34.3. The van der Waals surface area contributed by atoms with Crippen molar-refractivity contribution >= 4 is 17.9 Å². The van der Waals surface area contributed by atoms with E-state index in [1.54, 1.807) is 0 Å². The standard InChI is InChI=1S/C77H126O6/c1-4-7-10-13-16-19-22-24-26-28-30-31-32-33-34-35-36-37-38-39-40-41-42-43-44-45-47-48-50-52-55-58-61-64-67-70-76(79)82-73-74(72-81-75(78)69-66-63-60-57-54-21-18-15-12-9-6-3)83-77(80)71-68-65-62-59-56-53-51-49-46-29-27-25-23-20-17-14-11-8-5-2/h7-8,10-11,15-20,24-27,30-31,33-34,36-37,46,49,53,56,74H,4-6,9,12-14,21-23,28-29,32,35,38-45,47-48,50-52,54-55,57-73H2,1-3H3/b10-7-,11-8-,18-15-,19-16-,20-17-,26-24-,27-25-,31-30-,34-33-,37-36-,49-46-,56-53-. The lowest BCUT2D eigenvalue weighted by molar-refractivity contribution is -0.167. The van der Waals surface area contributed by atoms with Crippen LogP contribution < -0.4 is 0 Å². The molecule has 0 aromatic carbocycles. The minimum absolute atomic E-state index is 0.0961. The van der Waals surface area contributed by atoms with Crippen LogP contribution in [-0.4, -0.2) is 37.2 Å². The summed E-state index contributed by atoms with van der Waals surface area (Å²) in [6.45, 7) is 6.35. The van der Waals surface area contributed by atoms with Crippen LogP contribution in [0.3, 0.4) is 0 Å². The van der Waals surface area contributed by atoms with Crippen molar-refractivity contribution in [2.24, 2.45) is 0 Å². The van der Waals surface area contributed by atoms with Gasteiger partial charge in [0.2, 0.25) is 0 Å². The van der Waals surface area contributed by atoms with E-state index in [1.165, 1.54) is 116 Å². The van der Waals surface area contributed by atoms with Gasteiger partial charge in [-0.05, 0) is 135 Å². The number of unbranched alkanes of at least 4 members (excludes halogenated alkanes) is 26. The van der Waals surface area contributed by atoms with Gasteiger partial charge in [0.25, 0.3) is 0 Å². The number of carbonyl (C=O) groups excluding carboxylic acids is 3. The number of ether oxygens (including phenoxy) is 3. The minimum atomic E-state index is -0.803. The normalized spacial score (nSPS) is 13.0. The highest BCUT2D eigenvalue weighted by molar-refractivity contribution is 5.71. The van der Waals surface area contributed by atoms with Crippen LogP contribution in [0.1, 0.15) is 303 Å². The average Bonchev–Trinajstić information content (AvgIpc) is 3.48. The second-order valence-corrected chi connectivity index (χ2v) is 22.3. The fraction of sp³-hybridized carbons (Fsp3) is 0.649. The van der Waals surface area contributed by atoms with Gasteiger partial charge in [-0.25, -0.2) is 0 Å². The van der Waals surface area contributed by atoms with Crippen molar-refractivity contribution in [1.29, 1.82) is 0 Å². The highest BCUT2D eigenvalue weighted by Gasteiger charge is 2.19. The third-order valence-corrected chi connectivity index (χ3v) is 14.3. The molecule has 0 radical (unpaired) electrons. The molecule has 1 atom stereocenters. The number of allylic oxidation sites excluding steroid dienone is 24. The van der Waals surface area contributed by atoms with Gasteiger partial charge in [-0.1, -0.05) is 295 Å². The lowest BCUT2D eigenvalue weighted by Crippen LogP contribution is -2.30. The molecule has 0 aromatic rings. The third kappa shape index (κ3) is 68.0. The molecule has 0 saturated carbocycles. The second-order valence-electron chi connectivity index (χ2n) is 22.3. The number of hydrogen-bond donors (Lipinski definition) is 0. The van der Waals surface area contributed by atoms with Gasteiger partial charge in [0, 0.05) is 19.3 Å². The van der Waals surface area contributed by atoms with Crippen molar-refractivity contribution in [2.45, 2.75) is 309 Å². The summed E-state index contributed by atoms with van der Waals surface area (Å²) >= 11 is 0. The zero-order chi connectivity index (χ0) is 59.9. The molecule has 0 bridgehead atoms. The molecule has 0 rings (SSSR count). The van der Waals surface area contributed by atoms with Crippen LogP contribution in [0, 0.1) is 0 Å². The molecular formula is C77H126O6. The molecule has 0 amide bonds. The van der Waals surface area contributed by atoms with Crippen LogP contribution >= 0.6 is 0 Å². The van der Waals surface area contributed by atoms with Crippen LogP contribution in [0.15, 0.2) is 146 Å². The third-order valence-electron chi connectivity index (χ3n) is 14.3. The Morgan fingerprint density at radius 3 is 0.759 bits per heavy atom. The van der Waals surface area contributed by atoms with Gasteiger partial charge >= 0.3 is 17.9 Å². The number of rotatable bonds is 61. The monoisotopic (exact) mass is 1150 g/mol. The SMILES string of the molecule is CC/C=C\C/C=C\C/C=C\C/C=C\C/C=C\C/C=C\CCCCCCCCCCCCCCCCCCC(=O)OCC(COC(=O)CCCCCCC/C=C\CCCC)OC(=O)CCCCC/C=C\C/C=C\C/C=C\C/C=C\C/C=C\CC. The van der Waals surface area contributed by atoms with Crippen molar-refractivity contribution in [1.82, 2.24) is 0 Å². The summed E-state index contributed by atoms with van der Waals surface area (Å²) in [5.41, 5.74) is 0. The molecule has 0 aliphatic heterocycles. The van der Waals surface area contributed by atoms with E-state index >= 15 is 0 Å². The van der Waals surface area contributed by atoms with Gasteiger partial charge < -0.3 is 14.2 Å². The van der Waals surface area contributed by atoms with Gasteiger partial charge in [0.15, 0.2) is 6.10 Å². The summed E-state index contributed by atoms with van der Waals surface area (Å²) in [6.07, 6.45) is 100. The van der Waals surface area contributed by atoms with Crippen LogP contribution in [-0.2, 0) is 28.6 Å². The zero-order valence-corrected chi connectivity index (χ0v) is 53.9. The van der Waals surface area contributed by atoms with Gasteiger partial charge in [0.05, 0.1) is 0 Å². The summed E-state index contributed by atoms with van der Waals surface area (Å²) in [7, 11) is 0. The fourth-order valence-electron chi connectivity index (χ4n) is 9.22. The second kappa shape index (κ2) is 69.8. The van der Waals surface area contributed by atoms with Crippen molar-refractivity contribution in [3.63, 3.8) is 0 Å². The molecule has 6 nitrogen and oxygen atoms in total.